The SMILES string of the molecule is CCC(C)C(O)CNC(=O)c1ccc2[nH]ncc2c1. The van der Waals surface area contributed by atoms with Crippen LogP contribution in [0.1, 0.15) is 30.6 Å². The zero-order chi connectivity index (χ0) is 13.8. The maximum absolute atomic E-state index is 12.0. The van der Waals surface area contributed by atoms with E-state index in [-0.39, 0.29) is 18.4 Å². The van der Waals surface area contributed by atoms with Crippen molar-refractivity contribution in [2.45, 2.75) is 26.4 Å². The third-order valence-electron chi connectivity index (χ3n) is 3.47. The Bertz CT molecular complexity index is 565. The highest BCUT2D eigenvalue weighted by Crippen LogP contribution is 2.13. The molecule has 2 rings (SSSR count). The number of hydrogen-bond donors (Lipinski definition) is 3. The molecule has 1 heterocycles. The number of rotatable bonds is 5. The van der Waals surface area contributed by atoms with Crippen molar-refractivity contribution in [3.05, 3.63) is 30.0 Å². The van der Waals surface area contributed by atoms with Crippen molar-refractivity contribution in [2.24, 2.45) is 5.92 Å². The van der Waals surface area contributed by atoms with E-state index in [9.17, 15) is 9.90 Å². The van der Waals surface area contributed by atoms with Crippen molar-refractivity contribution in [2.75, 3.05) is 6.54 Å². The summed E-state index contributed by atoms with van der Waals surface area (Å²) in [5.74, 6) is 0.00195. The Morgan fingerprint density at radius 2 is 2.32 bits per heavy atom. The van der Waals surface area contributed by atoms with E-state index in [0.717, 1.165) is 17.3 Å². The lowest BCUT2D eigenvalue weighted by atomic mass is 10.0. The molecule has 0 spiro atoms. The minimum atomic E-state index is -0.508. The Morgan fingerprint density at radius 1 is 1.53 bits per heavy atom. The number of aromatic amines is 1. The second-order valence-electron chi connectivity index (χ2n) is 4.83. The third-order valence-corrected chi connectivity index (χ3v) is 3.47. The number of fused-ring (bicyclic) bond motifs is 1. The lowest BCUT2D eigenvalue weighted by molar-refractivity contribution is 0.0850. The number of aliphatic hydroxyl groups excluding tert-OH is 1. The van der Waals surface area contributed by atoms with E-state index in [2.05, 4.69) is 15.5 Å². The second-order valence-corrected chi connectivity index (χ2v) is 4.83. The standard InChI is InChI=1S/C14H19N3O2/c1-3-9(2)13(18)8-15-14(19)10-4-5-12-11(6-10)7-16-17-12/h4-7,9,13,18H,3,8H2,1-2H3,(H,15,19)(H,16,17). The molecule has 0 aliphatic heterocycles. The molecule has 0 radical (unpaired) electrons. The lowest BCUT2D eigenvalue weighted by Gasteiger charge is -2.17. The summed E-state index contributed by atoms with van der Waals surface area (Å²) in [6, 6.07) is 5.34. The number of nitrogens with zero attached hydrogens (tertiary/aromatic N) is 1. The number of carbonyl (C=O) groups is 1. The highest BCUT2D eigenvalue weighted by Gasteiger charge is 2.14. The van der Waals surface area contributed by atoms with Crippen molar-refractivity contribution >= 4 is 16.8 Å². The van der Waals surface area contributed by atoms with E-state index in [1.54, 1.807) is 18.3 Å². The Kier molecular flexibility index (Phi) is 4.16. The first-order valence-corrected chi connectivity index (χ1v) is 6.51. The van der Waals surface area contributed by atoms with Crippen molar-refractivity contribution < 1.29 is 9.90 Å². The molecular weight excluding hydrogens is 242 g/mol. The smallest absolute Gasteiger partial charge is 0.251 e. The first-order chi connectivity index (χ1) is 9.11. The van der Waals surface area contributed by atoms with Gasteiger partial charge in [0.2, 0.25) is 0 Å². The van der Waals surface area contributed by atoms with Gasteiger partial charge in [0.15, 0.2) is 0 Å². The molecular formula is C14H19N3O2. The Hall–Kier alpha value is -1.88. The van der Waals surface area contributed by atoms with Gasteiger partial charge in [-0.1, -0.05) is 20.3 Å². The molecule has 5 nitrogen and oxygen atoms in total. The first kappa shape index (κ1) is 13.5. The fraction of sp³-hybridized carbons (Fsp3) is 0.429. The zero-order valence-electron chi connectivity index (χ0n) is 11.2. The van der Waals surface area contributed by atoms with Gasteiger partial charge in [-0.05, 0) is 24.1 Å². The van der Waals surface area contributed by atoms with E-state index in [0.29, 0.717) is 5.56 Å². The topological polar surface area (TPSA) is 78.0 Å². The monoisotopic (exact) mass is 261 g/mol. The summed E-state index contributed by atoms with van der Waals surface area (Å²) < 4.78 is 0. The number of nitrogens with one attached hydrogen (secondary N) is 2. The fourth-order valence-corrected chi connectivity index (χ4v) is 1.86. The zero-order valence-corrected chi connectivity index (χ0v) is 11.2. The Morgan fingerprint density at radius 3 is 3.05 bits per heavy atom. The molecule has 1 aromatic carbocycles. The third kappa shape index (κ3) is 3.12. The second kappa shape index (κ2) is 5.84. The number of amides is 1. The summed E-state index contributed by atoms with van der Waals surface area (Å²) in [6.07, 6.45) is 2.06. The average Bonchev–Trinajstić information content (AvgIpc) is 2.90. The average molecular weight is 261 g/mol. The van der Waals surface area contributed by atoms with E-state index in [4.69, 9.17) is 0 Å². The largest absolute Gasteiger partial charge is 0.391 e. The van der Waals surface area contributed by atoms with Crippen LogP contribution in [0.3, 0.4) is 0 Å². The quantitative estimate of drug-likeness (QED) is 0.766. The molecule has 0 saturated carbocycles. The van der Waals surface area contributed by atoms with E-state index >= 15 is 0 Å². The fourth-order valence-electron chi connectivity index (χ4n) is 1.86. The van der Waals surface area contributed by atoms with Crippen LogP contribution >= 0.6 is 0 Å². The molecule has 2 aromatic rings. The molecule has 0 saturated heterocycles. The van der Waals surface area contributed by atoms with E-state index in [1.165, 1.54) is 0 Å². The summed E-state index contributed by atoms with van der Waals surface area (Å²) in [6.45, 7) is 4.26. The van der Waals surface area contributed by atoms with Gasteiger partial charge in [0.1, 0.15) is 0 Å². The van der Waals surface area contributed by atoms with Gasteiger partial charge in [-0.3, -0.25) is 9.89 Å². The summed E-state index contributed by atoms with van der Waals surface area (Å²) in [5, 5.41) is 20.2. The highest BCUT2D eigenvalue weighted by atomic mass is 16.3. The number of hydrogen-bond acceptors (Lipinski definition) is 3. The van der Waals surface area contributed by atoms with Crippen molar-refractivity contribution in [1.29, 1.82) is 0 Å². The molecule has 3 N–H and O–H groups in total. The van der Waals surface area contributed by atoms with Gasteiger partial charge in [-0.2, -0.15) is 5.10 Å². The van der Waals surface area contributed by atoms with Gasteiger partial charge >= 0.3 is 0 Å². The van der Waals surface area contributed by atoms with Crippen LogP contribution in [0.15, 0.2) is 24.4 Å². The van der Waals surface area contributed by atoms with Gasteiger partial charge in [0.25, 0.3) is 5.91 Å². The summed E-state index contributed by atoms with van der Waals surface area (Å²) in [5.41, 5.74) is 1.47. The molecule has 0 aliphatic carbocycles. The van der Waals surface area contributed by atoms with Crippen molar-refractivity contribution in [3.8, 4) is 0 Å². The number of aliphatic hydroxyl groups is 1. The Balaban J connectivity index is 1.99. The van der Waals surface area contributed by atoms with Crippen LogP contribution in [0.25, 0.3) is 10.9 Å². The van der Waals surface area contributed by atoms with Gasteiger partial charge in [0, 0.05) is 17.5 Å². The number of H-pyrrole nitrogens is 1. The van der Waals surface area contributed by atoms with Gasteiger partial charge in [-0.15, -0.1) is 0 Å². The van der Waals surface area contributed by atoms with Crippen molar-refractivity contribution in [3.63, 3.8) is 0 Å². The van der Waals surface area contributed by atoms with E-state index in [1.807, 2.05) is 19.9 Å². The molecule has 1 aromatic heterocycles. The van der Waals surface area contributed by atoms with Gasteiger partial charge in [0.05, 0.1) is 17.8 Å². The molecule has 102 valence electrons. The molecule has 0 bridgehead atoms. The van der Waals surface area contributed by atoms with Gasteiger partial charge in [-0.25, -0.2) is 0 Å². The molecule has 2 unspecified atom stereocenters. The predicted octanol–water partition coefficient (Wildman–Crippen LogP) is 1.70. The summed E-state index contributed by atoms with van der Waals surface area (Å²) in [7, 11) is 0. The van der Waals surface area contributed by atoms with E-state index < -0.39 is 6.10 Å². The number of carbonyl (C=O) groups excluding carboxylic acids is 1. The van der Waals surface area contributed by atoms with Crippen LogP contribution in [0, 0.1) is 5.92 Å². The number of aromatic nitrogens is 2. The van der Waals surface area contributed by atoms with Gasteiger partial charge < -0.3 is 10.4 Å². The maximum atomic E-state index is 12.0. The van der Waals surface area contributed by atoms with Crippen LogP contribution in [0.2, 0.25) is 0 Å². The molecule has 2 atom stereocenters. The summed E-state index contributed by atoms with van der Waals surface area (Å²) in [4.78, 5) is 12.0. The van der Waals surface area contributed by atoms with Crippen LogP contribution in [0.4, 0.5) is 0 Å². The highest BCUT2D eigenvalue weighted by molar-refractivity contribution is 5.97. The lowest BCUT2D eigenvalue weighted by Crippen LogP contribution is -2.35. The number of benzene rings is 1. The minimum Gasteiger partial charge on any atom is -0.391 e. The maximum Gasteiger partial charge on any atom is 0.251 e. The van der Waals surface area contributed by atoms with Crippen LogP contribution in [0.5, 0.6) is 0 Å². The molecule has 0 aliphatic rings. The van der Waals surface area contributed by atoms with Crippen LogP contribution in [-0.2, 0) is 0 Å². The Labute approximate surface area is 112 Å². The van der Waals surface area contributed by atoms with Crippen LogP contribution in [-0.4, -0.2) is 33.9 Å². The molecule has 5 heteroatoms. The van der Waals surface area contributed by atoms with Crippen molar-refractivity contribution in [1.82, 2.24) is 15.5 Å². The molecule has 19 heavy (non-hydrogen) atoms. The normalized spacial score (nSPS) is 14.3. The predicted molar refractivity (Wildman–Crippen MR) is 73.9 cm³/mol. The molecule has 1 amide bonds. The minimum absolute atomic E-state index is 0.176. The summed E-state index contributed by atoms with van der Waals surface area (Å²) >= 11 is 0. The first-order valence-electron chi connectivity index (χ1n) is 6.51. The van der Waals surface area contributed by atoms with Crippen LogP contribution < -0.4 is 5.32 Å². The molecule has 0 fully saturated rings.